The number of carbonyl (C=O) groups excluding carboxylic acids is 1. The fraction of sp³-hybridized carbons (Fsp3) is 0.417. The zero-order valence-corrected chi connectivity index (χ0v) is 10.2. The summed E-state index contributed by atoms with van der Waals surface area (Å²) in [6.07, 6.45) is 2.43. The van der Waals surface area contributed by atoms with Gasteiger partial charge in [-0.3, -0.25) is 4.79 Å². The van der Waals surface area contributed by atoms with E-state index in [0.29, 0.717) is 22.8 Å². The molecule has 1 heterocycles. The van der Waals surface area contributed by atoms with Crippen molar-refractivity contribution >= 4 is 28.9 Å². The van der Waals surface area contributed by atoms with Crippen LogP contribution in [0.1, 0.15) is 19.3 Å². The Morgan fingerprint density at radius 2 is 2.41 bits per heavy atom. The molecule has 1 aromatic carbocycles. The summed E-state index contributed by atoms with van der Waals surface area (Å²) in [7, 11) is 0. The first-order valence-electron chi connectivity index (χ1n) is 5.61. The average molecular weight is 255 g/mol. The van der Waals surface area contributed by atoms with Crippen molar-refractivity contribution in [1.82, 2.24) is 0 Å². The molecule has 1 unspecified atom stereocenters. The SMILES string of the molecule is Nc1cc(NC(=O)CC2CCCO2)ccc1Cl. The van der Waals surface area contributed by atoms with E-state index in [1.54, 1.807) is 18.2 Å². The van der Waals surface area contributed by atoms with Crippen LogP contribution in [0, 0.1) is 0 Å². The minimum atomic E-state index is -0.0568. The second-order valence-electron chi connectivity index (χ2n) is 4.12. The van der Waals surface area contributed by atoms with Gasteiger partial charge in [0.2, 0.25) is 5.91 Å². The Morgan fingerprint density at radius 3 is 3.06 bits per heavy atom. The smallest absolute Gasteiger partial charge is 0.226 e. The van der Waals surface area contributed by atoms with E-state index in [4.69, 9.17) is 22.1 Å². The number of halogens is 1. The van der Waals surface area contributed by atoms with Crippen molar-refractivity contribution < 1.29 is 9.53 Å². The number of hydrogen-bond donors (Lipinski definition) is 2. The predicted octanol–water partition coefficient (Wildman–Crippen LogP) is 2.43. The number of rotatable bonds is 3. The molecule has 4 nitrogen and oxygen atoms in total. The number of benzene rings is 1. The molecule has 17 heavy (non-hydrogen) atoms. The van der Waals surface area contributed by atoms with Gasteiger partial charge in [-0.2, -0.15) is 0 Å². The van der Waals surface area contributed by atoms with E-state index >= 15 is 0 Å². The lowest BCUT2D eigenvalue weighted by atomic mass is 10.1. The average Bonchev–Trinajstić information content (AvgIpc) is 2.76. The lowest BCUT2D eigenvalue weighted by Gasteiger charge is -2.10. The Labute approximate surface area is 105 Å². The van der Waals surface area contributed by atoms with Crippen molar-refractivity contribution in [2.45, 2.75) is 25.4 Å². The van der Waals surface area contributed by atoms with Gasteiger partial charge >= 0.3 is 0 Å². The Bertz CT molecular complexity index is 417. The molecular weight excluding hydrogens is 240 g/mol. The van der Waals surface area contributed by atoms with Gasteiger partial charge < -0.3 is 15.8 Å². The van der Waals surface area contributed by atoms with Gasteiger partial charge in [0.15, 0.2) is 0 Å². The monoisotopic (exact) mass is 254 g/mol. The van der Waals surface area contributed by atoms with Crippen LogP contribution >= 0.6 is 11.6 Å². The van der Waals surface area contributed by atoms with Crippen molar-refractivity contribution in [2.75, 3.05) is 17.7 Å². The van der Waals surface area contributed by atoms with E-state index in [2.05, 4.69) is 5.32 Å². The van der Waals surface area contributed by atoms with Crippen molar-refractivity contribution in [3.05, 3.63) is 23.2 Å². The van der Waals surface area contributed by atoms with E-state index in [9.17, 15) is 4.79 Å². The molecule has 1 fully saturated rings. The van der Waals surface area contributed by atoms with Gasteiger partial charge in [0.05, 0.1) is 23.2 Å². The second-order valence-corrected chi connectivity index (χ2v) is 4.53. The molecule has 1 amide bonds. The van der Waals surface area contributed by atoms with Gasteiger partial charge in [-0.15, -0.1) is 0 Å². The lowest BCUT2D eigenvalue weighted by molar-refractivity contribution is -0.118. The molecular formula is C12H15ClN2O2. The molecule has 0 radical (unpaired) electrons. The predicted molar refractivity (Wildman–Crippen MR) is 68.1 cm³/mol. The van der Waals surface area contributed by atoms with Crippen molar-refractivity contribution in [1.29, 1.82) is 0 Å². The first-order valence-corrected chi connectivity index (χ1v) is 5.99. The normalized spacial score (nSPS) is 19.2. The van der Waals surface area contributed by atoms with E-state index in [1.165, 1.54) is 0 Å². The molecule has 5 heteroatoms. The number of hydrogen-bond acceptors (Lipinski definition) is 3. The lowest BCUT2D eigenvalue weighted by Crippen LogP contribution is -2.19. The summed E-state index contributed by atoms with van der Waals surface area (Å²) >= 11 is 5.80. The largest absolute Gasteiger partial charge is 0.397 e. The second kappa shape index (κ2) is 5.38. The molecule has 0 bridgehead atoms. The van der Waals surface area contributed by atoms with Crippen LogP contribution in [0.2, 0.25) is 5.02 Å². The van der Waals surface area contributed by atoms with Gasteiger partial charge in [0.25, 0.3) is 0 Å². The number of nitrogen functional groups attached to an aromatic ring is 1. The van der Waals surface area contributed by atoms with Crippen molar-refractivity contribution in [2.24, 2.45) is 0 Å². The number of nitrogens with two attached hydrogens (primary N) is 1. The first-order chi connectivity index (χ1) is 8.15. The van der Waals surface area contributed by atoms with E-state index in [1.807, 2.05) is 0 Å². The summed E-state index contributed by atoms with van der Waals surface area (Å²) in [6, 6.07) is 5.04. The number of carbonyl (C=O) groups is 1. The zero-order valence-electron chi connectivity index (χ0n) is 9.41. The molecule has 1 atom stereocenters. The minimum Gasteiger partial charge on any atom is -0.397 e. The summed E-state index contributed by atoms with van der Waals surface area (Å²) in [5, 5.41) is 3.27. The Hall–Kier alpha value is -1.26. The van der Waals surface area contributed by atoms with E-state index in [0.717, 1.165) is 19.4 Å². The van der Waals surface area contributed by atoms with Crippen LogP contribution in [0.25, 0.3) is 0 Å². The minimum absolute atomic E-state index is 0.0552. The zero-order chi connectivity index (χ0) is 12.3. The third-order valence-electron chi connectivity index (χ3n) is 2.72. The van der Waals surface area contributed by atoms with Crippen LogP contribution in [0.5, 0.6) is 0 Å². The molecule has 1 aromatic rings. The maximum absolute atomic E-state index is 11.7. The molecule has 1 aliphatic rings. The molecule has 3 N–H and O–H groups in total. The van der Waals surface area contributed by atoms with Crippen LogP contribution in [-0.4, -0.2) is 18.6 Å². The summed E-state index contributed by atoms with van der Waals surface area (Å²) in [5.41, 5.74) is 6.77. The first kappa shape index (κ1) is 12.2. The highest BCUT2D eigenvalue weighted by atomic mass is 35.5. The highest BCUT2D eigenvalue weighted by Crippen LogP contribution is 2.23. The Balaban J connectivity index is 1.90. The number of nitrogens with one attached hydrogen (secondary N) is 1. The molecule has 1 aliphatic heterocycles. The topological polar surface area (TPSA) is 64.3 Å². The van der Waals surface area contributed by atoms with Crippen LogP contribution in [0.3, 0.4) is 0 Å². The Morgan fingerprint density at radius 1 is 1.59 bits per heavy atom. The number of ether oxygens (including phenoxy) is 1. The number of anilines is 2. The van der Waals surface area contributed by atoms with E-state index < -0.39 is 0 Å². The van der Waals surface area contributed by atoms with Crippen LogP contribution in [0.15, 0.2) is 18.2 Å². The summed E-state index contributed by atoms with van der Waals surface area (Å²) in [5.74, 6) is -0.0568. The van der Waals surface area contributed by atoms with Gasteiger partial charge in [-0.05, 0) is 31.0 Å². The quantitative estimate of drug-likeness (QED) is 0.815. The maximum Gasteiger partial charge on any atom is 0.226 e. The molecule has 1 saturated heterocycles. The summed E-state index contributed by atoms with van der Waals surface area (Å²) in [6.45, 7) is 0.756. The van der Waals surface area contributed by atoms with Crippen molar-refractivity contribution in [3.63, 3.8) is 0 Å². The molecule has 92 valence electrons. The fourth-order valence-corrected chi connectivity index (χ4v) is 1.96. The van der Waals surface area contributed by atoms with Crippen LogP contribution < -0.4 is 11.1 Å². The summed E-state index contributed by atoms with van der Waals surface area (Å²) < 4.78 is 5.40. The van der Waals surface area contributed by atoms with Gasteiger partial charge in [0.1, 0.15) is 0 Å². The van der Waals surface area contributed by atoms with Gasteiger partial charge in [0, 0.05) is 12.3 Å². The Kier molecular flexibility index (Phi) is 3.86. The third kappa shape index (κ3) is 3.35. The van der Waals surface area contributed by atoms with Gasteiger partial charge in [-0.25, -0.2) is 0 Å². The number of amides is 1. The molecule has 0 saturated carbocycles. The third-order valence-corrected chi connectivity index (χ3v) is 3.06. The standard InChI is InChI=1S/C12H15ClN2O2/c13-10-4-3-8(6-11(10)14)15-12(16)7-9-2-1-5-17-9/h3-4,6,9H,1-2,5,7,14H2,(H,15,16). The fourth-order valence-electron chi connectivity index (χ4n) is 1.85. The van der Waals surface area contributed by atoms with E-state index in [-0.39, 0.29) is 12.0 Å². The highest BCUT2D eigenvalue weighted by molar-refractivity contribution is 6.33. The molecule has 0 aromatic heterocycles. The maximum atomic E-state index is 11.7. The van der Waals surface area contributed by atoms with Crippen molar-refractivity contribution in [3.8, 4) is 0 Å². The highest BCUT2D eigenvalue weighted by Gasteiger charge is 2.19. The molecule has 0 spiro atoms. The summed E-state index contributed by atoms with van der Waals surface area (Å²) in [4.78, 5) is 11.7. The van der Waals surface area contributed by atoms with Crippen LogP contribution in [0.4, 0.5) is 11.4 Å². The van der Waals surface area contributed by atoms with Gasteiger partial charge in [-0.1, -0.05) is 11.6 Å². The van der Waals surface area contributed by atoms with Crippen LogP contribution in [-0.2, 0) is 9.53 Å². The molecule has 2 rings (SSSR count). The molecule has 0 aliphatic carbocycles.